The van der Waals surface area contributed by atoms with E-state index in [4.69, 9.17) is 0 Å². The van der Waals surface area contributed by atoms with Crippen molar-refractivity contribution in [3.63, 3.8) is 0 Å². The quantitative estimate of drug-likeness (QED) is 0.787. The third-order valence-electron chi connectivity index (χ3n) is 2.39. The van der Waals surface area contributed by atoms with Crippen molar-refractivity contribution < 1.29 is 4.79 Å². The van der Waals surface area contributed by atoms with Crippen LogP contribution in [0.5, 0.6) is 0 Å². The summed E-state index contributed by atoms with van der Waals surface area (Å²) in [7, 11) is 0. The van der Waals surface area contributed by atoms with Crippen LogP contribution in [0.15, 0.2) is 0 Å². The Morgan fingerprint density at radius 1 is 1.40 bits per heavy atom. The number of carbonyl (C=O) groups excluding carboxylic acids is 1. The third-order valence-corrected chi connectivity index (χ3v) is 3.44. The number of nitrogens with one attached hydrogen (secondary N) is 1. The first-order valence-corrected chi connectivity index (χ1v) is 6.90. The summed E-state index contributed by atoms with van der Waals surface area (Å²) in [5, 5.41) is 2.96. The largest absolute Gasteiger partial charge is 0.355 e. The van der Waals surface area contributed by atoms with Crippen LogP contribution in [-0.4, -0.2) is 48.5 Å². The molecule has 0 aromatic carbocycles. The van der Waals surface area contributed by atoms with Crippen molar-refractivity contribution in [3.05, 3.63) is 0 Å². The molecule has 1 rings (SSSR count). The second kappa shape index (κ2) is 7.12. The van der Waals surface area contributed by atoms with Crippen molar-refractivity contribution in [3.8, 4) is 0 Å². The molecular weight excluding hydrogens is 208 g/mol. The molecular formula is C11H22N2OS. The van der Waals surface area contributed by atoms with Crippen LogP contribution in [0.4, 0.5) is 0 Å². The molecule has 15 heavy (non-hydrogen) atoms. The van der Waals surface area contributed by atoms with Gasteiger partial charge in [-0.1, -0.05) is 13.8 Å². The Balaban J connectivity index is 2.17. The fourth-order valence-corrected chi connectivity index (χ4v) is 2.46. The first kappa shape index (κ1) is 12.8. The highest BCUT2D eigenvalue weighted by Crippen LogP contribution is 2.09. The minimum absolute atomic E-state index is 0.176. The first-order chi connectivity index (χ1) is 7.18. The number of hydrogen-bond donors (Lipinski definition) is 1. The number of rotatable bonds is 4. The maximum atomic E-state index is 11.6. The zero-order valence-electron chi connectivity index (χ0n) is 9.79. The molecule has 1 amide bonds. The summed E-state index contributed by atoms with van der Waals surface area (Å²) in [4.78, 5) is 13.8. The maximum absolute atomic E-state index is 11.6. The Kier molecular flexibility index (Phi) is 6.10. The molecule has 3 nitrogen and oxygen atoms in total. The van der Waals surface area contributed by atoms with Gasteiger partial charge < -0.3 is 5.32 Å². The molecule has 0 aromatic rings. The van der Waals surface area contributed by atoms with Crippen LogP contribution in [0.2, 0.25) is 0 Å². The molecule has 1 saturated heterocycles. The topological polar surface area (TPSA) is 32.3 Å². The van der Waals surface area contributed by atoms with Crippen molar-refractivity contribution >= 4 is 17.7 Å². The van der Waals surface area contributed by atoms with E-state index in [1.54, 1.807) is 0 Å². The minimum atomic E-state index is 0.176. The van der Waals surface area contributed by atoms with Crippen LogP contribution >= 0.6 is 11.8 Å². The maximum Gasteiger partial charge on any atom is 0.234 e. The molecule has 0 atom stereocenters. The van der Waals surface area contributed by atoms with E-state index in [9.17, 15) is 4.79 Å². The van der Waals surface area contributed by atoms with Gasteiger partial charge in [0.15, 0.2) is 0 Å². The minimum Gasteiger partial charge on any atom is -0.355 e. The molecule has 0 aliphatic carbocycles. The van der Waals surface area contributed by atoms with E-state index < -0.39 is 0 Å². The summed E-state index contributed by atoms with van der Waals surface area (Å²) in [6, 6.07) is 0. The number of nitrogens with zero attached hydrogens (tertiary/aromatic N) is 1. The Hall–Kier alpha value is -0.220. The van der Waals surface area contributed by atoms with Gasteiger partial charge in [-0.3, -0.25) is 9.69 Å². The molecule has 1 fully saturated rings. The van der Waals surface area contributed by atoms with E-state index in [2.05, 4.69) is 24.1 Å². The Bertz CT molecular complexity index is 189. The van der Waals surface area contributed by atoms with Gasteiger partial charge in [0.05, 0.1) is 6.54 Å². The molecule has 4 heteroatoms. The van der Waals surface area contributed by atoms with Crippen LogP contribution in [0.1, 0.15) is 20.3 Å². The van der Waals surface area contributed by atoms with Crippen molar-refractivity contribution in [1.29, 1.82) is 0 Å². The number of thioether (sulfide) groups is 1. The van der Waals surface area contributed by atoms with Gasteiger partial charge in [-0.25, -0.2) is 0 Å². The van der Waals surface area contributed by atoms with Gasteiger partial charge in [0, 0.05) is 18.8 Å². The molecule has 88 valence electrons. The molecule has 0 spiro atoms. The third kappa shape index (κ3) is 6.05. The second-order valence-corrected chi connectivity index (χ2v) is 5.66. The van der Waals surface area contributed by atoms with Gasteiger partial charge in [0.2, 0.25) is 5.91 Å². The lowest BCUT2D eigenvalue weighted by Gasteiger charge is -2.19. The van der Waals surface area contributed by atoms with Gasteiger partial charge >= 0.3 is 0 Å². The molecule has 1 heterocycles. The highest BCUT2D eigenvalue weighted by atomic mass is 32.2. The van der Waals surface area contributed by atoms with Crippen molar-refractivity contribution in [1.82, 2.24) is 10.2 Å². The predicted molar refractivity (Wildman–Crippen MR) is 66.2 cm³/mol. The Labute approximate surface area is 97.0 Å². The average molecular weight is 230 g/mol. The molecule has 0 saturated carbocycles. The summed E-state index contributed by atoms with van der Waals surface area (Å²) in [5.74, 6) is 3.12. The lowest BCUT2D eigenvalue weighted by molar-refractivity contribution is -0.122. The molecule has 1 aliphatic heterocycles. The van der Waals surface area contributed by atoms with Crippen molar-refractivity contribution in [2.45, 2.75) is 20.3 Å². The average Bonchev–Trinajstić information content (AvgIpc) is 2.43. The molecule has 1 aliphatic rings. The number of hydrogen-bond acceptors (Lipinski definition) is 3. The van der Waals surface area contributed by atoms with E-state index in [0.29, 0.717) is 12.5 Å². The van der Waals surface area contributed by atoms with Crippen LogP contribution in [0.25, 0.3) is 0 Å². The Morgan fingerprint density at radius 2 is 2.20 bits per heavy atom. The highest BCUT2D eigenvalue weighted by molar-refractivity contribution is 7.99. The summed E-state index contributed by atoms with van der Waals surface area (Å²) >= 11 is 1.99. The van der Waals surface area contributed by atoms with E-state index in [1.807, 2.05) is 11.8 Å². The van der Waals surface area contributed by atoms with E-state index in [1.165, 1.54) is 12.2 Å². The van der Waals surface area contributed by atoms with Crippen LogP contribution in [0, 0.1) is 5.92 Å². The fraction of sp³-hybridized carbons (Fsp3) is 0.909. The zero-order chi connectivity index (χ0) is 11.1. The lowest BCUT2D eigenvalue weighted by atomic mass is 10.2. The smallest absolute Gasteiger partial charge is 0.234 e. The standard InChI is InChI=1S/C11H22N2OS/c1-10(2)8-12-11(14)9-13-4-3-6-15-7-5-13/h10H,3-9H2,1-2H3,(H,12,14). The zero-order valence-corrected chi connectivity index (χ0v) is 10.6. The van der Waals surface area contributed by atoms with Crippen LogP contribution in [-0.2, 0) is 4.79 Å². The van der Waals surface area contributed by atoms with Crippen LogP contribution in [0.3, 0.4) is 0 Å². The van der Waals surface area contributed by atoms with Crippen molar-refractivity contribution in [2.24, 2.45) is 5.92 Å². The van der Waals surface area contributed by atoms with Gasteiger partial charge in [-0.15, -0.1) is 0 Å². The SMILES string of the molecule is CC(C)CNC(=O)CN1CCCSCC1. The van der Waals surface area contributed by atoms with Gasteiger partial charge in [-0.2, -0.15) is 11.8 Å². The number of amides is 1. The van der Waals surface area contributed by atoms with Gasteiger partial charge in [0.25, 0.3) is 0 Å². The molecule has 1 N–H and O–H groups in total. The van der Waals surface area contributed by atoms with Gasteiger partial charge in [-0.05, 0) is 24.6 Å². The lowest BCUT2D eigenvalue weighted by Crippen LogP contribution is -2.39. The second-order valence-electron chi connectivity index (χ2n) is 4.44. The number of carbonyl (C=O) groups is 1. The van der Waals surface area contributed by atoms with Crippen molar-refractivity contribution in [2.75, 3.05) is 37.7 Å². The van der Waals surface area contributed by atoms with E-state index in [0.717, 1.165) is 25.4 Å². The monoisotopic (exact) mass is 230 g/mol. The summed E-state index contributed by atoms with van der Waals surface area (Å²) in [5.41, 5.74) is 0. The molecule has 0 aromatic heterocycles. The summed E-state index contributed by atoms with van der Waals surface area (Å²) in [6.45, 7) is 7.72. The Morgan fingerprint density at radius 3 is 2.93 bits per heavy atom. The summed E-state index contributed by atoms with van der Waals surface area (Å²) in [6.07, 6.45) is 1.21. The normalized spacial score (nSPS) is 18.9. The molecule has 0 radical (unpaired) electrons. The highest BCUT2D eigenvalue weighted by Gasteiger charge is 2.12. The van der Waals surface area contributed by atoms with Crippen LogP contribution < -0.4 is 5.32 Å². The van der Waals surface area contributed by atoms with E-state index in [-0.39, 0.29) is 5.91 Å². The fourth-order valence-electron chi connectivity index (χ4n) is 1.53. The summed E-state index contributed by atoms with van der Waals surface area (Å²) < 4.78 is 0. The molecule has 0 bridgehead atoms. The first-order valence-electron chi connectivity index (χ1n) is 5.75. The van der Waals surface area contributed by atoms with E-state index >= 15 is 0 Å². The predicted octanol–water partition coefficient (Wildman–Crippen LogP) is 1.20. The molecule has 0 unspecified atom stereocenters. The van der Waals surface area contributed by atoms with Gasteiger partial charge in [0.1, 0.15) is 0 Å².